The van der Waals surface area contributed by atoms with Crippen LogP contribution in [-0.2, 0) is 9.53 Å². The number of hydrogen-bond donors (Lipinski definition) is 2. The fourth-order valence-corrected chi connectivity index (χ4v) is 3.52. The van der Waals surface area contributed by atoms with Crippen LogP contribution in [0.2, 0.25) is 5.02 Å². The molecular weight excluding hydrogens is 364 g/mol. The summed E-state index contributed by atoms with van der Waals surface area (Å²) in [6, 6.07) is 2.16. The summed E-state index contributed by atoms with van der Waals surface area (Å²) in [4.78, 5) is 18.5. The first-order chi connectivity index (χ1) is 12.2. The molecule has 0 unspecified atom stereocenters. The Hall–Kier alpha value is -2.23. The van der Waals surface area contributed by atoms with Crippen molar-refractivity contribution in [1.29, 1.82) is 0 Å². The van der Waals surface area contributed by atoms with Crippen molar-refractivity contribution in [2.24, 2.45) is 0 Å². The molecule has 3 N–H and O–H groups in total. The molecule has 0 amide bonds. The van der Waals surface area contributed by atoms with Crippen LogP contribution in [0.4, 0.5) is 5.82 Å². The van der Waals surface area contributed by atoms with Gasteiger partial charge in [-0.25, -0.2) is 14.6 Å². The Kier molecular flexibility index (Phi) is 5.47. The molecular formula is C15H17ClN6O2S. The fraction of sp³-hybridized carbons (Fsp3) is 0.333. The smallest absolute Gasteiger partial charge is 0.293 e. The Balaban J connectivity index is 0.000000324. The van der Waals surface area contributed by atoms with Gasteiger partial charge in [0, 0.05) is 13.1 Å². The second kappa shape index (κ2) is 7.77. The third kappa shape index (κ3) is 3.44. The first kappa shape index (κ1) is 17.6. The van der Waals surface area contributed by atoms with Gasteiger partial charge < -0.3 is 15.8 Å². The largest absolute Gasteiger partial charge is 0.468 e. The number of carbonyl (C=O) groups is 1. The topological polar surface area (TPSA) is 108 Å². The van der Waals surface area contributed by atoms with Gasteiger partial charge in [-0.3, -0.25) is 4.79 Å². The summed E-state index contributed by atoms with van der Waals surface area (Å²) < 4.78 is 6.08. The Morgan fingerprint density at radius 3 is 2.84 bits per heavy atom. The van der Waals surface area contributed by atoms with Crippen LogP contribution < -0.4 is 11.1 Å². The first-order valence-corrected chi connectivity index (χ1v) is 8.91. The van der Waals surface area contributed by atoms with Gasteiger partial charge in [0.05, 0.1) is 27.9 Å². The highest BCUT2D eigenvalue weighted by Gasteiger charge is 2.26. The lowest BCUT2D eigenvalue weighted by Crippen LogP contribution is -2.43. The molecule has 1 aliphatic rings. The molecule has 10 heteroatoms. The highest BCUT2D eigenvalue weighted by atomic mass is 35.5. The number of nitrogen functional groups attached to an aromatic ring is 1. The van der Waals surface area contributed by atoms with E-state index in [1.807, 2.05) is 16.1 Å². The standard InChI is InChI=1S/C12H11ClN6S.C3H6O2/c13-7-1-2-20-10(7)9-8-11(14)16-5-17-12(8)19(18-9)6-3-15-4-6;1-2-5-3-4/h1-2,5-6,15H,3-4H2,(H2,14,16,17);3H,2H2,1H3. The Morgan fingerprint density at radius 2 is 2.32 bits per heavy atom. The van der Waals surface area contributed by atoms with Crippen molar-refractivity contribution in [1.82, 2.24) is 25.1 Å². The highest BCUT2D eigenvalue weighted by Crippen LogP contribution is 2.38. The quantitative estimate of drug-likeness (QED) is 0.667. The molecule has 0 aliphatic carbocycles. The summed E-state index contributed by atoms with van der Waals surface area (Å²) in [7, 11) is 0. The third-order valence-electron chi connectivity index (χ3n) is 3.69. The number of carbonyl (C=O) groups excluding carboxylic acids is 1. The van der Waals surface area contributed by atoms with E-state index in [2.05, 4.69) is 20.0 Å². The average molecular weight is 381 g/mol. The number of nitrogens with two attached hydrogens (primary N) is 1. The maximum atomic E-state index is 9.18. The second-order valence-electron chi connectivity index (χ2n) is 5.21. The van der Waals surface area contributed by atoms with Gasteiger partial charge in [-0.05, 0) is 18.4 Å². The van der Waals surface area contributed by atoms with Gasteiger partial charge >= 0.3 is 0 Å². The lowest BCUT2D eigenvalue weighted by molar-refractivity contribution is -0.128. The number of nitrogens with one attached hydrogen (secondary N) is 1. The zero-order valence-corrected chi connectivity index (χ0v) is 15.0. The van der Waals surface area contributed by atoms with E-state index in [9.17, 15) is 4.79 Å². The number of nitrogens with zero attached hydrogens (tertiary/aromatic N) is 4. The molecule has 0 aromatic carbocycles. The lowest BCUT2D eigenvalue weighted by atomic mass is 10.2. The number of thiophene rings is 1. The molecule has 1 saturated heterocycles. The molecule has 0 radical (unpaired) electrons. The number of halogens is 1. The second-order valence-corrected chi connectivity index (χ2v) is 6.54. The molecule has 25 heavy (non-hydrogen) atoms. The molecule has 1 aliphatic heterocycles. The summed E-state index contributed by atoms with van der Waals surface area (Å²) in [5.41, 5.74) is 7.56. The molecule has 132 valence electrons. The molecule has 3 aromatic heterocycles. The summed E-state index contributed by atoms with van der Waals surface area (Å²) in [6.45, 7) is 4.44. The molecule has 4 heterocycles. The van der Waals surface area contributed by atoms with Crippen molar-refractivity contribution in [2.45, 2.75) is 13.0 Å². The van der Waals surface area contributed by atoms with E-state index in [1.54, 1.807) is 18.3 Å². The van der Waals surface area contributed by atoms with Crippen LogP contribution in [0.25, 0.3) is 21.6 Å². The van der Waals surface area contributed by atoms with Gasteiger partial charge in [-0.2, -0.15) is 5.10 Å². The van der Waals surface area contributed by atoms with Crippen LogP contribution in [-0.4, -0.2) is 45.9 Å². The summed E-state index contributed by atoms with van der Waals surface area (Å²) in [5.74, 6) is 0.438. The average Bonchev–Trinajstić information content (AvgIpc) is 3.12. The summed E-state index contributed by atoms with van der Waals surface area (Å²) in [6.07, 6.45) is 1.47. The van der Waals surface area contributed by atoms with Crippen molar-refractivity contribution < 1.29 is 9.53 Å². The van der Waals surface area contributed by atoms with Gasteiger partial charge in [0.2, 0.25) is 0 Å². The number of rotatable bonds is 4. The number of fused-ring (bicyclic) bond motifs is 1. The Labute approximate surface area is 153 Å². The molecule has 0 spiro atoms. The zero-order valence-electron chi connectivity index (χ0n) is 13.5. The summed E-state index contributed by atoms with van der Waals surface area (Å²) in [5, 5.41) is 11.3. The Morgan fingerprint density at radius 1 is 1.52 bits per heavy atom. The first-order valence-electron chi connectivity index (χ1n) is 7.65. The predicted octanol–water partition coefficient (Wildman–Crippen LogP) is 2.11. The van der Waals surface area contributed by atoms with Gasteiger partial charge in [0.15, 0.2) is 5.65 Å². The van der Waals surface area contributed by atoms with E-state index in [1.165, 1.54) is 6.33 Å². The van der Waals surface area contributed by atoms with Gasteiger partial charge in [-0.15, -0.1) is 11.3 Å². The fourth-order valence-electron chi connectivity index (χ4n) is 2.39. The monoisotopic (exact) mass is 380 g/mol. The van der Waals surface area contributed by atoms with Gasteiger partial charge in [0.1, 0.15) is 17.8 Å². The molecule has 4 rings (SSSR count). The maximum absolute atomic E-state index is 9.18. The van der Waals surface area contributed by atoms with Crippen LogP contribution in [0.3, 0.4) is 0 Å². The van der Waals surface area contributed by atoms with Crippen LogP contribution in [0.15, 0.2) is 17.8 Å². The van der Waals surface area contributed by atoms with Crippen molar-refractivity contribution >= 4 is 46.3 Å². The van der Waals surface area contributed by atoms with Crippen LogP contribution >= 0.6 is 22.9 Å². The number of hydrogen-bond acceptors (Lipinski definition) is 8. The van der Waals surface area contributed by atoms with Crippen molar-refractivity contribution in [2.75, 3.05) is 25.4 Å². The maximum Gasteiger partial charge on any atom is 0.293 e. The number of anilines is 1. The number of ether oxygens (including phenoxy) is 1. The normalized spacial score (nSPS) is 13.8. The van der Waals surface area contributed by atoms with Crippen molar-refractivity contribution in [3.63, 3.8) is 0 Å². The minimum atomic E-state index is 0.305. The zero-order chi connectivity index (χ0) is 17.8. The minimum Gasteiger partial charge on any atom is -0.468 e. The van der Waals surface area contributed by atoms with Crippen molar-refractivity contribution in [3.8, 4) is 10.6 Å². The van der Waals surface area contributed by atoms with E-state index in [0.29, 0.717) is 30.0 Å². The molecule has 3 aromatic rings. The SMILES string of the molecule is CCOC=O.Nc1ncnc2c1c(-c1sccc1Cl)nn2C1CNC1. The molecule has 1 fully saturated rings. The van der Waals surface area contributed by atoms with Crippen molar-refractivity contribution in [3.05, 3.63) is 22.8 Å². The van der Waals surface area contributed by atoms with Crippen LogP contribution in [0.1, 0.15) is 13.0 Å². The molecule has 0 saturated carbocycles. The van der Waals surface area contributed by atoms with E-state index in [-0.39, 0.29) is 0 Å². The molecule has 0 bridgehead atoms. The van der Waals surface area contributed by atoms with Crippen LogP contribution in [0, 0.1) is 0 Å². The van der Waals surface area contributed by atoms with E-state index < -0.39 is 0 Å². The van der Waals surface area contributed by atoms with E-state index >= 15 is 0 Å². The minimum absolute atomic E-state index is 0.305. The molecule has 0 atom stereocenters. The van der Waals surface area contributed by atoms with Crippen LogP contribution in [0.5, 0.6) is 0 Å². The van der Waals surface area contributed by atoms with E-state index in [4.69, 9.17) is 22.4 Å². The van der Waals surface area contributed by atoms with Gasteiger partial charge in [0.25, 0.3) is 6.47 Å². The number of aromatic nitrogens is 4. The third-order valence-corrected chi connectivity index (χ3v) is 5.04. The summed E-state index contributed by atoms with van der Waals surface area (Å²) >= 11 is 7.77. The van der Waals surface area contributed by atoms with E-state index in [0.717, 1.165) is 34.7 Å². The Bertz CT molecular complexity index is 876. The lowest BCUT2D eigenvalue weighted by Gasteiger charge is -2.27. The van der Waals surface area contributed by atoms with Gasteiger partial charge in [-0.1, -0.05) is 11.6 Å². The molecule has 8 nitrogen and oxygen atoms in total. The highest BCUT2D eigenvalue weighted by molar-refractivity contribution is 7.14. The predicted molar refractivity (Wildman–Crippen MR) is 97.7 cm³/mol.